The van der Waals surface area contributed by atoms with Crippen LogP contribution in [0.4, 0.5) is 0 Å². The largest absolute Gasteiger partial charge is 0.692 e. The molecule has 9 heteroatoms. The van der Waals surface area contributed by atoms with Gasteiger partial charge in [-0.15, -0.1) is 9.79 Å². The van der Waals surface area contributed by atoms with Crippen LogP contribution in [0.25, 0.3) is 0 Å². The van der Waals surface area contributed by atoms with Crippen molar-refractivity contribution in [1.29, 1.82) is 0 Å². The van der Waals surface area contributed by atoms with Crippen molar-refractivity contribution >= 4 is 14.2 Å². The van der Waals surface area contributed by atoms with E-state index in [1.807, 2.05) is 59.3 Å². The van der Waals surface area contributed by atoms with Crippen LogP contribution in [0.1, 0.15) is 68.7 Å². The third kappa shape index (κ3) is 7.45. The van der Waals surface area contributed by atoms with Crippen LogP contribution in [0.2, 0.25) is 0 Å². The van der Waals surface area contributed by atoms with Gasteiger partial charge in [0.1, 0.15) is 11.9 Å². The molecule has 0 aliphatic carbocycles. The van der Waals surface area contributed by atoms with Gasteiger partial charge in [0.15, 0.2) is 11.9 Å². The van der Waals surface area contributed by atoms with Crippen LogP contribution in [-0.4, -0.2) is 30.5 Å². The lowest BCUT2D eigenvalue weighted by atomic mass is 9.77. The first-order chi connectivity index (χ1) is 18.8. The number of carbonyl (C=O) groups excluding carboxylic acids is 1. The molecule has 0 aliphatic rings. The van der Waals surface area contributed by atoms with Crippen LogP contribution in [0, 0.1) is 5.92 Å². The lowest BCUT2D eigenvalue weighted by Crippen LogP contribution is -2.38. The summed E-state index contributed by atoms with van der Waals surface area (Å²) < 4.78 is 16.4. The third-order valence-corrected chi connectivity index (χ3v) is 6.73. The van der Waals surface area contributed by atoms with Crippen LogP contribution in [-0.2, 0) is 19.6 Å². The zero-order valence-corrected chi connectivity index (χ0v) is 23.3. The molecule has 1 atom stereocenters. The number of benzene rings is 3. The molecular weight excluding hydrogens is 513 g/mol. The van der Waals surface area contributed by atoms with E-state index in [2.05, 4.69) is 50.2 Å². The molecule has 0 amide bonds. The fourth-order valence-electron chi connectivity index (χ4n) is 4.85. The zero-order valence-electron chi connectivity index (χ0n) is 22.4. The number of carbonyl (C=O) groups is 1. The maximum Gasteiger partial charge on any atom is 0.692 e. The smallest absolute Gasteiger partial charge is 0.454 e. The van der Waals surface area contributed by atoms with Gasteiger partial charge in [-0.25, -0.2) is 9.67 Å². The Morgan fingerprint density at radius 2 is 1.28 bits per heavy atom. The molecule has 0 aliphatic heterocycles. The highest BCUT2D eigenvalue weighted by molar-refractivity contribution is 7.30. The minimum absolute atomic E-state index is 0.322. The van der Waals surface area contributed by atoms with E-state index in [0.717, 1.165) is 29.5 Å². The monoisotopic (exact) mass is 548 g/mol. The second-order valence-corrected chi connectivity index (χ2v) is 9.63. The minimum Gasteiger partial charge on any atom is -0.454 e. The molecule has 8 nitrogen and oxygen atoms in total. The molecule has 0 bridgehead atoms. The second kappa shape index (κ2) is 14.4. The zero-order chi connectivity index (χ0) is 28.3. The van der Waals surface area contributed by atoms with Crippen LogP contribution >= 0.6 is 8.25 Å². The molecule has 0 saturated carbocycles. The Kier molecular flexibility index (Phi) is 11.1. The lowest BCUT2D eigenvalue weighted by Gasteiger charge is -2.36. The summed E-state index contributed by atoms with van der Waals surface area (Å²) in [7, 11) is -2.87. The van der Waals surface area contributed by atoms with Gasteiger partial charge in [0.05, 0.1) is 0 Å². The summed E-state index contributed by atoms with van der Waals surface area (Å²) in [5.41, 5.74) is 2.46. The average molecular weight is 549 g/mol. The second-order valence-electron chi connectivity index (χ2n) is 9.12. The molecule has 0 spiro atoms. The number of hydrogen-bond donors (Lipinski definition) is 2. The predicted octanol–water partition coefficient (Wildman–Crippen LogP) is 6.18. The lowest BCUT2D eigenvalue weighted by molar-refractivity contribution is -0.148. The summed E-state index contributed by atoms with van der Waals surface area (Å²) in [6.07, 6.45) is 4.00. The van der Waals surface area contributed by atoms with E-state index in [0.29, 0.717) is 18.2 Å². The highest BCUT2D eigenvalue weighted by Gasteiger charge is 2.40. The maximum absolute atomic E-state index is 12.0. The molecule has 4 aromatic rings. The first kappa shape index (κ1) is 29.8. The van der Waals surface area contributed by atoms with Crippen molar-refractivity contribution in [3.05, 3.63) is 120 Å². The molecule has 1 unspecified atom stereocenters. The Morgan fingerprint density at radius 3 is 1.64 bits per heavy atom. The van der Waals surface area contributed by atoms with E-state index in [9.17, 15) is 4.79 Å². The Bertz CT molecular complexity index is 1210. The molecule has 1 heterocycles. The van der Waals surface area contributed by atoms with Crippen molar-refractivity contribution in [3.8, 4) is 0 Å². The van der Waals surface area contributed by atoms with Gasteiger partial charge >= 0.3 is 14.2 Å². The summed E-state index contributed by atoms with van der Waals surface area (Å²) in [6, 6.07) is 31.0. The van der Waals surface area contributed by atoms with Crippen molar-refractivity contribution < 1.29 is 23.9 Å². The van der Waals surface area contributed by atoms with Gasteiger partial charge in [-0.1, -0.05) is 118 Å². The van der Waals surface area contributed by atoms with E-state index in [1.165, 1.54) is 6.92 Å². The first-order valence-electron chi connectivity index (χ1n) is 12.9. The summed E-state index contributed by atoms with van der Waals surface area (Å²) >= 11 is 0. The molecule has 0 fully saturated rings. The van der Waals surface area contributed by atoms with Gasteiger partial charge in [-0.2, -0.15) is 5.10 Å². The maximum atomic E-state index is 12.0. The van der Waals surface area contributed by atoms with Crippen molar-refractivity contribution in [2.45, 2.75) is 51.7 Å². The average Bonchev–Trinajstić information content (AvgIpc) is 3.43. The standard InChI is InChI=1S/C30H33N3O2.HO3P/c1-4-24(5-2)21-28(35-23(3)34)29-31-22-33(32-29)30(25-15-9-6-10-16-25,26-17-11-7-12-18-26)27-19-13-8-14-20-27;1-4(2)3/h6-20,22,24,28H,4-5,21H2,1-3H3;(H-,1,2,3)/p+1. The topological polar surface area (TPSA) is 115 Å². The minimum atomic E-state index is -2.87. The van der Waals surface area contributed by atoms with Crippen molar-refractivity contribution in [2.75, 3.05) is 0 Å². The van der Waals surface area contributed by atoms with Crippen LogP contribution in [0.15, 0.2) is 97.3 Å². The number of aromatic nitrogens is 3. The van der Waals surface area contributed by atoms with Crippen molar-refractivity contribution in [1.82, 2.24) is 14.8 Å². The molecule has 3 aromatic carbocycles. The van der Waals surface area contributed by atoms with Crippen LogP contribution in [0.3, 0.4) is 0 Å². The quantitative estimate of drug-likeness (QED) is 0.138. The fraction of sp³-hybridized carbons (Fsp3) is 0.300. The summed E-state index contributed by atoms with van der Waals surface area (Å²) in [5, 5.41) is 5.02. The number of esters is 1. The van der Waals surface area contributed by atoms with Gasteiger partial charge in [-0.05, 0) is 29.0 Å². The first-order valence-corrected chi connectivity index (χ1v) is 14.1. The van der Waals surface area contributed by atoms with E-state index in [4.69, 9.17) is 29.2 Å². The van der Waals surface area contributed by atoms with Crippen molar-refractivity contribution in [2.24, 2.45) is 5.92 Å². The Balaban J connectivity index is 0.000000983. The van der Waals surface area contributed by atoms with Gasteiger partial charge < -0.3 is 4.74 Å². The number of hydrogen-bond acceptors (Lipinski definition) is 5. The van der Waals surface area contributed by atoms with Crippen molar-refractivity contribution in [3.63, 3.8) is 0 Å². The number of ether oxygens (including phenoxy) is 1. The molecule has 204 valence electrons. The molecular formula is C30H35N3O5P+. The predicted molar refractivity (Wildman–Crippen MR) is 150 cm³/mol. The molecule has 0 radical (unpaired) electrons. The van der Waals surface area contributed by atoms with E-state index in [1.54, 1.807) is 6.33 Å². The third-order valence-electron chi connectivity index (χ3n) is 6.73. The molecule has 0 saturated heterocycles. The molecule has 2 N–H and O–H groups in total. The Labute approximate surface area is 230 Å². The highest BCUT2D eigenvalue weighted by atomic mass is 31.1. The summed E-state index contributed by atoms with van der Waals surface area (Å²) in [6.45, 7) is 5.77. The summed E-state index contributed by atoms with van der Waals surface area (Å²) in [5.74, 6) is 0.630. The van der Waals surface area contributed by atoms with Crippen LogP contribution in [0.5, 0.6) is 0 Å². The highest BCUT2D eigenvalue weighted by Crippen LogP contribution is 2.40. The summed E-state index contributed by atoms with van der Waals surface area (Å²) in [4.78, 5) is 30.9. The fourth-order valence-corrected chi connectivity index (χ4v) is 4.85. The molecule has 4 rings (SSSR count). The Hall–Kier alpha value is -3.71. The number of rotatable bonds is 10. The van der Waals surface area contributed by atoms with Crippen LogP contribution < -0.4 is 0 Å². The van der Waals surface area contributed by atoms with Gasteiger partial charge in [0.25, 0.3) is 0 Å². The van der Waals surface area contributed by atoms with Gasteiger partial charge in [-0.3, -0.25) is 4.79 Å². The van der Waals surface area contributed by atoms with Gasteiger partial charge in [0, 0.05) is 11.5 Å². The SMILES string of the molecule is CCC(CC)CC(OC(C)=O)c1ncn(C(c2ccccc2)(c2ccccc2)c2ccccc2)n1.O=[P+](O)O. The van der Waals surface area contributed by atoms with E-state index >= 15 is 0 Å². The van der Waals surface area contributed by atoms with E-state index < -0.39 is 19.9 Å². The van der Waals surface area contributed by atoms with E-state index in [-0.39, 0.29) is 5.97 Å². The van der Waals surface area contributed by atoms with Gasteiger partial charge in [0.2, 0.25) is 0 Å². The Morgan fingerprint density at radius 1 is 0.872 bits per heavy atom. The molecule has 39 heavy (non-hydrogen) atoms. The number of nitrogens with zero attached hydrogens (tertiary/aromatic N) is 3. The molecule has 1 aromatic heterocycles. The normalized spacial score (nSPS) is 11.8.